The number of hydrogen-bond donors (Lipinski definition) is 0. The Morgan fingerprint density at radius 1 is 0.917 bits per heavy atom. The molecular weight excluding hydrogens is 152 g/mol. The van der Waals surface area contributed by atoms with Gasteiger partial charge in [-0.15, -0.1) is 0 Å². The van der Waals surface area contributed by atoms with E-state index in [1.54, 1.807) is 0 Å². The maximum Gasteiger partial charge on any atom is 0.256 e. The van der Waals surface area contributed by atoms with Gasteiger partial charge in [-0.3, -0.25) is 0 Å². The number of benzene rings is 1. The van der Waals surface area contributed by atoms with E-state index in [-0.39, 0.29) is 0 Å². The van der Waals surface area contributed by atoms with E-state index in [1.807, 2.05) is 30.3 Å². The van der Waals surface area contributed by atoms with Crippen LogP contribution in [0, 0.1) is 6.29 Å². The molecule has 0 saturated carbocycles. The van der Waals surface area contributed by atoms with Gasteiger partial charge in [-0.25, -0.2) is 0 Å². The summed E-state index contributed by atoms with van der Waals surface area (Å²) in [6, 6.07) is 9.90. The fourth-order valence-corrected chi connectivity index (χ4v) is 1.17. The fourth-order valence-electron chi connectivity index (χ4n) is 1.17. The molecule has 1 aromatic rings. The van der Waals surface area contributed by atoms with Gasteiger partial charge in [-0.2, -0.15) is 0 Å². The lowest BCUT2D eigenvalue weighted by atomic mass is 10.2. The third-order valence-electron chi connectivity index (χ3n) is 1.76. The first-order valence-electron chi connectivity index (χ1n) is 4.15. The van der Waals surface area contributed by atoms with Crippen molar-refractivity contribution in [2.45, 2.75) is 6.42 Å². The van der Waals surface area contributed by atoms with Crippen LogP contribution in [0.15, 0.2) is 30.3 Å². The zero-order valence-electron chi connectivity index (χ0n) is 6.82. The van der Waals surface area contributed by atoms with Crippen LogP contribution in [0.1, 0.15) is 12.0 Å². The van der Waals surface area contributed by atoms with E-state index in [9.17, 15) is 0 Å². The highest BCUT2D eigenvalue weighted by molar-refractivity contribution is 5.23. The lowest BCUT2D eigenvalue weighted by Gasteiger charge is -2.21. The van der Waals surface area contributed by atoms with Crippen LogP contribution in [0.2, 0.25) is 0 Å². The van der Waals surface area contributed by atoms with Crippen molar-refractivity contribution >= 4 is 0 Å². The maximum absolute atomic E-state index is 5.36. The van der Waals surface area contributed by atoms with Crippen LogP contribution in [0.25, 0.3) is 0 Å². The Hall–Kier alpha value is -0.860. The summed E-state index contributed by atoms with van der Waals surface area (Å²) < 4.78 is 10.7. The lowest BCUT2D eigenvalue weighted by Crippen LogP contribution is -2.18. The predicted octanol–water partition coefficient (Wildman–Crippen LogP) is 1.96. The average Bonchev–Trinajstić information content (AvgIpc) is 2.21. The molecule has 0 amide bonds. The molecule has 0 atom stereocenters. The second-order valence-electron chi connectivity index (χ2n) is 2.70. The second kappa shape index (κ2) is 3.70. The predicted molar refractivity (Wildman–Crippen MR) is 45.3 cm³/mol. The lowest BCUT2D eigenvalue weighted by molar-refractivity contribution is -0.0697. The molecule has 0 N–H and O–H groups in total. The number of hydrogen-bond acceptors (Lipinski definition) is 2. The molecule has 0 unspecified atom stereocenters. The molecule has 0 aromatic heterocycles. The molecule has 2 heteroatoms. The molecule has 1 saturated heterocycles. The number of rotatable bonds is 1. The second-order valence-corrected chi connectivity index (χ2v) is 2.70. The minimum absolute atomic E-state index is 0.668. The van der Waals surface area contributed by atoms with Gasteiger partial charge in [0.1, 0.15) is 0 Å². The molecule has 1 aliphatic rings. The van der Waals surface area contributed by atoms with E-state index >= 15 is 0 Å². The van der Waals surface area contributed by atoms with Gasteiger partial charge in [0.15, 0.2) is 0 Å². The molecule has 1 aromatic carbocycles. The Labute approximate surface area is 72.1 Å². The van der Waals surface area contributed by atoms with E-state index in [4.69, 9.17) is 9.47 Å². The molecule has 0 spiro atoms. The molecule has 63 valence electrons. The first kappa shape index (κ1) is 7.77. The molecule has 1 fully saturated rings. The zero-order valence-corrected chi connectivity index (χ0v) is 6.82. The third kappa shape index (κ3) is 1.65. The van der Waals surface area contributed by atoms with E-state index in [2.05, 4.69) is 0 Å². The quantitative estimate of drug-likeness (QED) is 0.630. The van der Waals surface area contributed by atoms with Gasteiger partial charge >= 0.3 is 0 Å². The first-order chi connectivity index (χ1) is 5.97. The van der Waals surface area contributed by atoms with Crippen LogP contribution in [0.4, 0.5) is 0 Å². The monoisotopic (exact) mass is 163 g/mol. The van der Waals surface area contributed by atoms with E-state index in [0.717, 1.165) is 25.2 Å². The first-order valence-corrected chi connectivity index (χ1v) is 4.15. The van der Waals surface area contributed by atoms with Gasteiger partial charge in [0.05, 0.1) is 13.2 Å². The van der Waals surface area contributed by atoms with Crippen molar-refractivity contribution in [3.63, 3.8) is 0 Å². The summed E-state index contributed by atoms with van der Waals surface area (Å²) >= 11 is 0. The molecule has 2 nitrogen and oxygen atoms in total. The van der Waals surface area contributed by atoms with Crippen LogP contribution < -0.4 is 0 Å². The molecule has 0 bridgehead atoms. The molecule has 0 aliphatic carbocycles. The third-order valence-corrected chi connectivity index (χ3v) is 1.76. The van der Waals surface area contributed by atoms with Gasteiger partial charge < -0.3 is 9.47 Å². The van der Waals surface area contributed by atoms with Crippen molar-refractivity contribution < 1.29 is 9.47 Å². The highest BCUT2D eigenvalue weighted by atomic mass is 16.7. The molecule has 12 heavy (non-hydrogen) atoms. The van der Waals surface area contributed by atoms with Crippen molar-refractivity contribution in [1.82, 2.24) is 0 Å². The van der Waals surface area contributed by atoms with Crippen LogP contribution in [-0.4, -0.2) is 13.2 Å². The van der Waals surface area contributed by atoms with Crippen molar-refractivity contribution in [3.8, 4) is 0 Å². The average molecular weight is 163 g/mol. The largest absolute Gasteiger partial charge is 0.341 e. The summed E-state index contributed by atoms with van der Waals surface area (Å²) in [4.78, 5) is 0. The summed E-state index contributed by atoms with van der Waals surface area (Å²) in [6.45, 7) is 1.54. The smallest absolute Gasteiger partial charge is 0.256 e. The van der Waals surface area contributed by atoms with Crippen molar-refractivity contribution in [3.05, 3.63) is 42.2 Å². The van der Waals surface area contributed by atoms with Gasteiger partial charge in [-0.1, -0.05) is 30.3 Å². The van der Waals surface area contributed by atoms with Crippen molar-refractivity contribution in [2.24, 2.45) is 0 Å². The van der Waals surface area contributed by atoms with Crippen molar-refractivity contribution in [1.29, 1.82) is 0 Å². The van der Waals surface area contributed by atoms with Gasteiger partial charge in [-0.05, 0) is 6.42 Å². The van der Waals surface area contributed by atoms with E-state index < -0.39 is 0 Å². The topological polar surface area (TPSA) is 18.5 Å². The minimum atomic E-state index is 0.668. The Kier molecular flexibility index (Phi) is 2.39. The molecule has 2 rings (SSSR count). The molecule has 1 aliphatic heterocycles. The SMILES string of the molecule is c1ccc([C]2OCCCO2)cc1. The Balaban J connectivity index is 2.08. The Morgan fingerprint density at radius 2 is 1.58 bits per heavy atom. The summed E-state index contributed by atoms with van der Waals surface area (Å²) in [5.41, 5.74) is 1.03. The fraction of sp³-hybridized carbons (Fsp3) is 0.300. The standard InChI is InChI=1S/C10H11O2/c1-2-5-9(6-3-1)10-11-7-4-8-12-10/h1-3,5-6H,4,7-8H2. The van der Waals surface area contributed by atoms with Crippen LogP contribution in [-0.2, 0) is 9.47 Å². The normalized spacial score (nSPS) is 19.3. The molecule has 1 radical (unpaired) electrons. The van der Waals surface area contributed by atoms with Crippen LogP contribution >= 0.6 is 0 Å². The maximum atomic E-state index is 5.36. The highest BCUT2D eigenvalue weighted by Gasteiger charge is 2.17. The van der Waals surface area contributed by atoms with Crippen LogP contribution in [0.3, 0.4) is 0 Å². The summed E-state index contributed by atoms with van der Waals surface area (Å²) in [7, 11) is 0. The summed E-state index contributed by atoms with van der Waals surface area (Å²) in [5.74, 6) is 0. The Morgan fingerprint density at radius 3 is 2.25 bits per heavy atom. The van der Waals surface area contributed by atoms with Crippen LogP contribution in [0.5, 0.6) is 0 Å². The summed E-state index contributed by atoms with van der Waals surface area (Å²) in [5, 5.41) is 0. The van der Waals surface area contributed by atoms with Gasteiger partial charge in [0.2, 0.25) is 0 Å². The number of ether oxygens (including phenoxy) is 2. The summed E-state index contributed by atoms with van der Waals surface area (Å²) in [6.07, 6.45) is 1.65. The van der Waals surface area contributed by atoms with E-state index in [0.29, 0.717) is 6.29 Å². The highest BCUT2D eigenvalue weighted by Crippen LogP contribution is 2.20. The zero-order chi connectivity index (χ0) is 8.23. The molecule has 1 heterocycles. The Bertz CT molecular complexity index is 227. The van der Waals surface area contributed by atoms with E-state index in [1.165, 1.54) is 0 Å². The van der Waals surface area contributed by atoms with Gasteiger partial charge in [0, 0.05) is 5.56 Å². The van der Waals surface area contributed by atoms with Crippen molar-refractivity contribution in [2.75, 3.05) is 13.2 Å². The minimum Gasteiger partial charge on any atom is -0.341 e. The molecular formula is C10H11O2. The van der Waals surface area contributed by atoms with Gasteiger partial charge in [0.25, 0.3) is 6.29 Å².